The fourth-order valence-corrected chi connectivity index (χ4v) is 3.36. The van der Waals surface area contributed by atoms with E-state index in [9.17, 15) is 0 Å². The summed E-state index contributed by atoms with van der Waals surface area (Å²) < 4.78 is 0. The number of nitrogens with one attached hydrogen (secondary N) is 1. The molecule has 3 rings (SSSR count). The fraction of sp³-hybridized carbons (Fsp3) is 0.727. The summed E-state index contributed by atoms with van der Waals surface area (Å²) in [7, 11) is 0. The second-order valence-corrected chi connectivity index (χ2v) is 5.23. The molecule has 1 atom stereocenters. The lowest BCUT2D eigenvalue weighted by atomic mass is 10.2. The van der Waals surface area contributed by atoms with Crippen LogP contribution in [0.25, 0.3) is 0 Å². The Balaban J connectivity index is 1.74. The van der Waals surface area contributed by atoms with Crippen LogP contribution in [0.3, 0.4) is 0 Å². The van der Waals surface area contributed by atoms with Crippen LogP contribution in [0.5, 0.6) is 0 Å². The van der Waals surface area contributed by atoms with Gasteiger partial charge in [0.25, 0.3) is 0 Å². The molecule has 0 radical (unpaired) electrons. The first kappa shape index (κ1) is 9.60. The van der Waals surface area contributed by atoms with Crippen LogP contribution in [-0.2, 0) is 0 Å². The number of rotatable bonds is 2. The molecular weight excluding hydrogens is 206 g/mol. The Morgan fingerprint density at radius 1 is 1.33 bits per heavy atom. The number of hydrogen-bond donors (Lipinski definition) is 1. The van der Waals surface area contributed by atoms with E-state index < -0.39 is 0 Å². The van der Waals surface area contributed by atoms with Gasteiger partial charge in [-0.25, -0.2) is 4.98 Å². The van der Waals surface area contributed by atoms with Gasteiger partial charge < -0.3 is 10.2 Å². The van der Waals surface area contributed by atoms with Gasteiger partial charge in [0.2, 0.25) is 0 Å². The van der Waals surface area contributed by atoms with Gasteiger partial charge in [0.15, 0.2) is 5.13 Å². The lowest BCUT2D eigenvalue weighted by Crippen LogP contribution is -2.18. The van der Waals surface area contributed by atoms with E-state index in [1.807, 2.05) is 11.3 Å². The zero-order valence-corrected chi connectivity index (χ0v) is 9.72. The maximum Gasteiger partial charge on any atom is 0.185 e. The molecule has 3 nitrogen and oxygen atoms in total. The number of hydrogen-bond acceptors (Lipinski definition) is 4. The van der Waals surface area contributed by atoms with Crippen molar-refractivity contribution in [3.8, 4) is 0 Å². The fourth-order valence-electron chi connectivity index (χ4n) is 2.43. The van der Waals surface area contributed by atoms with Crippen LogP contribution in [0.15, 0.2) is 5.38 Å². The molecule has 0 aromatic carbocycles. The van der Waals surface area contributed by atoms with Crippen LogP contribution in [0.4, 0.5) is 5.13 Å². The molecule has 15 heavy (non-hydrogen) atoms. The summed E-state index contributed by atoms with van der Waals surface area (Å²) in [5.41, 5.74) is 1.26. The van der Waals surface area contributed by atoms with Crippen LogP contribution < -0.4 is 10.2 Å². The average Bonchev–Trinajstić information content (AvgIpc) is 3.02. The predicted molar refractivity (Wildman–Crippen MR) is 63.5 cm³/mol. The lowest BCUT2D eigenvalue weighted by Gasteiger charge is -2.12. The second kappa shape index (κ2) is 4.10. The highest BCUT2D eigenvalue weighted by atomic mass is 32.1. The van der Waals surface area contributed by atoms with E-state index in [0.29, 0.717) is 6.04 Å². The van der Waals surface area contributed by atoms with Gasteiger partial charge in [-0.05, 0) is 32.2 Å². The van der Waals surface area contributed by atoms with Crippen molar-refractivity contribution >= 4 is 16.5 Å². The van der Waals surface area contributed by atoms with E-state index in [0.717, 1.165) is 6.54 Å². The molecular formula is C11H17N3S. The Hall–Kier alpha value is -0.610. The molecule has 1 aromatic heterocycles. The zero-order valence-electron chi connectivity index (χ0n) is 8.91. The summed E-state index contributed by atoms with van der Waals surface area (Å²) >= 11 is 1.81. The molecule has 0 bridgehead atoms. The molecule has 0 saturated carbocycles. The van der Waals surface area contributed by atoms with Crippen molar-refractivity contribution in [2.75, 3.05) is 24.5 Å². The summed E-state index contributed by atoms with van der Waals surface area (Å²) in [4.78, 5) is 7.18. The first-order valence-corrected chi connectivity index (χ1v) is 6.75. The Morgan fingerprint density at radius 2 is 2.20 bits per heavy atom. The maximum atomic E-state index is 4.76. The summed E-state index contributed by atoms with van der Waals surface area (Å²) in [6.45, 7) is 3.55. The average molecular weight is 223 g/mol. The Kier molecular flexibility index (Phi) is 2.63. The Morgan fingerprint density at radius 3 is 2.93 bits per heavy atom. The van der Waals surface area contributed by atoms with E-state index >= 15 is 0 Å². The van der Waals surface area contributed by atoms with Gasteiger partial charge >= 0.3 is 0 Å². The third kappa shape index (κ3) is 1.88. The first-order valence-electron chi connectivity index (χ1n) is 5.87. The van der Waals surface area contributed by atoms with Crippen molar-refractivity contribution in [3.05, 3.63) is 11.1 Å². The SMILES string of the molecule is c1sc(N2CCCC2)nc1[C@@H]1CCCN1. The molecule has 0 amide bonds. The van der Waals surface area contributed by atoms with Crippen molar-refractivity contribution in [3.63, 3.8) is 0 Å². The highest BCUT2D eigenvalue weighted by Crippen LogP contribution is 2.29. The third-order valence-electron chi connectivity index (χ3n) is 3.30. The molecule has 3 heterocycles. The number of nitrogens with zero attached hydrogens (tertiary/aromatic N) is 2. The van der Waals surface area contributed by atoms with Gasteiger partial charge in [-0.3, -0.25) is 0 Å². The van der Waals surface area contributed by atoms with E-state index in [4.69, 9.17) is 4.98 Å². The van der Waals surface area contributed by atoms with E-state index in [1.54, 1.807) is 0 Å². The smallest absolute Gasteiger partial charge is 0.185 e. The van der Waals surface area contributed by atoms with Gasteiger partial charge in [0.05, 0.1) is 11.7 Å². The Labute approximate surface area is 94.5 Å². The third-order valence-corrected chi connectivity index (χ3v) is 4.22. The molecule has 82 valence electrons. The quantitative estimate of drug-likeness (QED) is 0.833. The zero-order chi connectivity index (χ0) is 10.1. The van der Waals surface area contributed by atoms with Crippen LogP contribution in [0.1, 0.15) is 37.4 Å². The van der Waals surface area contributed by atoms with Crippen molar-refractivity contribution in [2.24, 2.45) is 0 Å². The van der Waals surface area contributed by atoms with Crippen molar-refractivity contribution < 1.29 is 0 Å². The lowest BCUT2D eigenvalue weighted by molar-refractivity contribution is 0.631. The maximum absolute atomic E-state index is 4.76. The molecule has 2 aliphatic heterocycles. The summed E-state index contributed by atoms with van der Waals surface area (Å²) in [5, 5.41) is 6.97. The minimum Gasteiger partial charge on any atom is -0.348 e. The molecule has 1 N–H and O–H groups in total. The summed E-state index contributed by atoms with van der Waals surface area (Å²) in [6.07, 6.45) is 5.21. The first-order chi connectivity index (χ1) is 7.43. The van der Waals surface area contributed by atoms with Crippen LogP contribution in [0, 0.1) is 0 Å². The van der Waals surface area contributed by atoms with Crippen molar-refractivity contribution in [1.29, 1.82) is 0 Å². The van der Waals surface area contributed by atoms with Crippen LogP contribution in [0.2, 0.25) is 0 Å². The van der Waals surface area contributed by atoms with Crippen LogP contribution in [-0.4, -0.2) is 24.6 Å². The molecule has 0 spiro atoms. The summed E-state index contributed by atoms with van der Waals surface area (Å²) in [6, 6.07) is 0.526. The van der Waals surface area contributed by atoms with Crippen molar-refractivity contribution in [1.82, 2.24) is 10.3 Å². The van der Waals surface area contributed by atoms with Gasteiger partial charge in [0.1, 0.15) is 0 Å². The molecule has 0 aliphatic carbocycles. The molecule has 4 heteroatoms. The van der Waals surface area contributed by atoms with Crippen LogP contribution >= 0.6 is 11.3 Å². The van der Waals surface area contributed by atoms with Gasteiger partial charge in [-0.1, -0.05) is 0 Å². The number of anilines is 1. The van der Waals surface area contributed by atoms with E-state index in [1.165, 1.54) is 49.6 Å². The molecule has 2 fully saturated rings. The van der Waals surface area contributed by atoms with Gasteiger partial charge in [-0.15, -0.1) is 11.3 Å². The second-order valence-electron chi connectivity index (χ2n) is 4.40. The number of aromatic nitrogens is 1. The highest BCUT2D eigenvalue weighted by molar-refractivity contribution is 7.13. The molecule has 0 unspecified atom stereocenters. The summed E-state index contributed by atoms with van der Waals surface area (Å²) in [5.74, 6) is 0. The standard InChI is InChI=1S/C11H17N3S/c1-2-7-14(6-1)11-13-10(8-15-11)9-4-3-5-12-9/h8-9,12H,1-7H2/t9-/m0/s1. The normalized spacial score (nSPS) is 26.4. The van der Waals surface area contributed by atoms with E-state index in [2.05, 4.69) is 15.6 Å². The highest BCUT2D eigenvalue weighted by Gasteiger charge is 2.21. The number of thiazole rings is 1. The molecule has 1 aromatic rings. The molecule has 2 aliphatic rings. The topological polar surface area (TPSA) is 28.2 Å². The monoisotopic (exact) mass is 223 g/mol. The minimum atomic E-state index is 0.526. The minimum absolute atomic E-state index is 0.526. The molecule has 2 saturated heterocycles. The predicted octanol–water partition coefficient (Wildman–Crippen LogP) is 2.17. The van der Waals surface area contributed by atoms with Gasteiger partial charge in [-0.2, -0.15) is 0 Å². The van der Waals surface area contributed by atoms with Gasteiger partial charge in [0, 0.05) is 18.5 Å². The largest absolute Gasteiger partial charge is 0.348 e. The van der Waals surface area contributed by atoms with E-state index in [-0.39, 0.29) is 0 Å². The van der Waals surface area contributed by atoms with Crippen molar-refractivity contribution in [2.45, 2.75) is 31.7 Å². The Bertz CT molecular complexity index is 294.